The lowest BCUT2D eigenvalue weighted by atomic mass is 10.1. The molecular weight excluding hydrogens is 565 g/mol. The number of anilines is 2. The highest BCUT2D eigenvalue weighted by Crippen LogP contribution is 2.31. The molecule has 1 heterocycles. The van der Waals surface area contributed by atoms with Crippen molar-refractivity contribution in [3.05, 3.63) is 58.1 Å². The summed E-state index contributed by atoms with van der Waals surface area (Å²) >= 11 is 6.13. The van der Waals surface area contributed by atoms with Gasteiger partial charge in [-0.25, -0.2) is 8.78 Å². The first-order valence-corrected chi connectivity index (χ1v) is 12.5. The van der Waals surface area contributed by atoms with Gasteiger partial charge in [0.1, 0.15) is 6.04 Å². The van der Waals surface area contributed by atoms with Gasteiger partial charge in [0.15, 0.2) is 11.6 Å². The quantitative estimate of drug-likeness (QED) is 0.295. The molecule has 0 aliphatic carbocycles. The van der Waals surface area contributed by atoms with Crippen molar-refractivity contribution in [1.82, 2.24) is 10.2 Å². The minimum Gasteiger partial charge on any atom is -0.480 e. The molecule has 0 spiro atoms. The Kier molecular flexibility index (Phi) is 10.3. The highest BCUT2D eigenvalue weighted by molar-refractivity contribution is 6.31. The van der Waals surface area contributed by atoms with Gasteiger partial charge in [0.05, 0.1) is 29.8 Å². The molecule has 9 nitrogen and oxygen atoms in total. The van der Waals surface area contributed by atoms with Gasteiger partial charge in [0, 0.05) is 49.9 Å². The van der Waals surface area contributed by atoms with Gasteiger partial charge in [-0.3, -0.25) is 24.6 Å². The number of carbonyl (C=O) groups is 3. The zero-order chi connectivity index (χ0) is 29.6. The van der Waals surface area contributed by atoms with Gasteiger partial charge in [0.2, 0.25) is 5.91 Å². The van der Waals surface area contributed by atoms with Crippen LogP contribution < -0.4 is 21.3 Å². The van der Waals surface area contributed by atoms with Crippen LogP contribution in [0.1, 0.15) is 28.8 Å². The van der Waals surface area contributed by atoms with Crippen LogP contribution in [0.2, 0.25) is 5.02 Å². The number of halogens is 6. The second kappa shape index (κ2) is 13.2. The minimum atomic E-state index is -4.25. The number of carbonyl (C=O) groups excluding carboxylic acids is 2. The molecule has 1 saturated heterocycles. The van der Waals surface area contributed by atoms with E-state index in [1.165, 1.54) is 12.1 Å². The second-order valence-corrected chi connectivity index (χ2v) is 9.59. The van der Waals surface area contributed by atoms with Gasteiger partial charge >= 0.3 is 12.1 Å². The number of carboxylic acid groups (broad SMARTS) is 1. The molecule has 3 rings (SSSR count). The number of hydrogen-bond acceptors (Lipinski definition) is 6. The monoisotopic (exact) mass is 591 g/mol. The topological polar surface area (TPSA) is 128 Å². The smallest absolute Gasteiger partial charge is 0.390 e. The molecule has 0 unspecified atom stereocenters. The second-order valence-electron chi connectivity index (χ2n) is 9.15. The summed E-state index contributed by atoms with van der Waals surface area (Å²) in [6.45, 7) is 0.790. The van der Waals surface area contributed by atoms with Crippen molar-refractivity contribution in [2.45, 2.75) is 31.6 Å². The molecule has 15 heteroatoms. The van der Waals surface area contributed by atoms with Crippen LogP contribution in [0.3, 0.4) is 0 Å². The molecule has 2 amide bonds. The van der Waals surface area contributed by atoms with Crippen molar-refractivity contribution in [2.24, 2.45) is 5.73 Å². The lowest BCUT2D eigenvalue weighted by Gasteiger charge is -2.37. The Balaban J connectivity index is 1.71. The lowest BCUT2D eigenvalue weighted by molar-refractivity contribution is -0.141. The van der Waals surface area contributed by atoms with Gasteiger partial charge in [-0.15, -0.1) is 0 Å². The molecule has 1 fully saturated rings. The Labute approximate surface area is 231 Å². The van der Waals surface area contributed by atoms with E-state index in [1.54, 1.807) is 11.0 Å². The molecule has 1 aliphatic heterocycles. The Bertz CT molecular complexity index is 1250. The number of amides is 2. The maximum atomic E-state index is 14.9. The van der Waals surface area contributed by atoms with Crippen LogP contribution in [0.5, 0.6) is 0 Å². The number of carboxylic acids is 1. The average Bonchev–Trinajstić information content (AvgIpc) is 2.88. The summed E-state index contributed by atoms with van der Waals surface area (Å²) in [7, 11) is 0. The van der Waals surface area contributed by atoms with Crippen LogP contribution in [-0.2, 0) is 16.1 Å². The molecule has 2 aromatic carbocycles. The van der Waals surface area contributed by atoms with Crippen molar-refractivity contribution >= 4 is 40.8 Å². The highest BCUT2D eigenvalue weighted by atomic mass is 35.5. The molecule has 2 aromatic rings. The van der Waals surface area contributed by atoms with E-state index in [-0.39, 0.29) is 17.8 Å². The fraction of sp³-hybridized carbons (Fsp3) is 0.400. The Hall–Kier alpha value is -3.49. The Morgan fingerprint density at radius 3 is 2.33 bits per heavy atom. The van der Waals surface area contributed by atoms with Crippen LogP contribution in [0.4, 0.5) is 33.3 Å². The predicted octanol–water partition coefficient (Wildman–Crippen LogP) is 3.36. The first kappa shape index (κ1) is 31.0. The van der Waals surface area contributed by atoms with E-state index in [9.17, 15) is 36.3 Å². The van der Waals surface area contributed by atoms with Crippen LogP contribution in [-0.4, -0.2) is 72.7 Å². The summed E-state index contributed by atoms with van der Waals surface area (Å²) in [5.41, 5.74) is 4.80. The number of hydrogen-bond donors (Lipinski definition) is 4. The number of piperazine rings is 1. The third kappa shape index (κ3) is 8.50. The summed E-state index contributed by atoms with van der Waals surface area (Å²) in [6.07, 6.45) is -5.74. The third-order valence-electron chi connectivity index (χ3n) is 6.28. The van der Waals surface area contributed by atoms with Crippen molar-refractivity contribution in [1.29, 1.82) is 0 Å². The predicted molar refractivity (Wildman–Crippen MR) is 137 cm³/mol. The normalized spacial score (nSPS) is 15.1. The summed E-state index contributed by atoms with van der Waals surface area (Å²) < 4.78 is 67.2. The standard InChI is InChI=1S/C25H27ClF5N5O4/c26-15-2-4-17(19(11-15)36-9-7-35(8-10-36)6-5-25(29,30)31)34-23(38)16-3-1-14(21(27)22(16)28)13-33-18(24(39)40)12-20(32)37/h1-4,11,18,33H,5-10,12-13H2,(H2,32,37)(H,34,38)(H,39,40)/t18-/m0/s1. The Morgan fingerprint density at radius 1 is 1.05 bits per heavy atom. The highest BCUT2D eigenvalue weighted by Gasteiger charge is 2.29. The summed E-state index contributed by atoms with van der Waals surface area (Å²) in [5, 5.41) is 14.4. The number of primary amides is 1. The first-order valence-electron chi connectivity index (χ1n) is 12.1. The van der Waals surface area contributed by atoms with Crippen LogP contribution in [0.25, 0.3) is 0 Å². The summed E-state index contributed by atoms with van der Waals surface area (Å²) in [6, 6.07) is 5.23. The lowest BCUT2D eigenvalue weighted by Crippen LogP contribution is -2.47. The third-order valence-corrected chi connectivity index (χ3v) is 6.52. The van der Waals surface area contributed by atoms with E-state index in [0.717, 1.165) is 12.1 Å². The number of aliphatic carboxylic acids is 1. The largest absolute Gasteiger partial charge is 0.480 e. The number of alkyl halides is 3. The fourth-order valence-electron chi connectivity index (χ4n) is 4.14. The van der Waals surface area contributed by atoms with Crippen LogP contribution >= 0.6 is 11.6 Å². The zero-order valence-electron chi connectivity index (χ0n) is 21.0. The minimum absolute atomic E-state index is 0.130. The molecule has 1 aliphatic rings. The number of benzene rings is 2. The van der Waals surface area contributed by atoms with Crippen molar-refractivity contribution in [3.63, 3.8) is 0 Å². The van der Waals surface area contributed by atoms with E-state index in [1.807, 2.05) is 4.90 Å². The number of nitrogens with two attached hydrogens (primary N) is 1. The van der Waals surface area contributed by atoms with Gasteiger partial charge in [-0.05, 0) is 24.3 Å². The van der Waals surface area contributed by atoms with Gasteiger partial charge < -0.3 is 21.1 Å². The van der Waals surface area contributed by atoms with E-state index in [4.69, 9.17) is 22.4 Å². The SMILES string of the molecule is NC(=O)C[C@H](NCc1ccc(C(=O)Nc2ccc(Cl)cc2N2CCN(CCC(F)(F)F)CC2)c(F)c1F)C(=O)O. The van der Waals surface area contributed by atoms with Crippen LogP contribution in [0.15, 0.2) is 30.3 Å². The number of nitrogens with zero attached hydrogens (tertiary/aromatic N) is 2. The van der Waals surface area contributed by atoms with Gasteiger partial charge in [0.25, 0.3) is 5.91 Å². The molecule has 218 valence electrons. The van der Waals surface area contributed by atoms with E-state index in [2.05, 4.69) is 10.6 Å². The zero-order valence-corrected chi connectivity index (χ0v) is 21.8. The van der Waals surface area contributed by atoms with Crippen molar-refractivity contribution in [2.75, 3.05) is 42.9 Å². The maximum Gasteiger partial charge on any atom is 0.390 e. The maximum absolute atomic E-state index is 14.9. The average molecular weight is 592 g/mol. The molecule has 5 N–H and O–H groups in total. The molecule has 0 bridgehead atoms. The van der Waals surface area contributed by atoms with Crippen molar-refractivity contribution < 1.29 is 41.4 Å². The molecule has 40 heavy (non-hydrogen) atoms. The molecule has 0 aromatic heterocycles. The van der Waals surface area contributed by atoms with Crippen molar-refractivity contribution in [3.8, 4) is 0 Å². The van der Waals surface area contributed by atoms with Gasteiger partial charge in [-0.2, -0.15) is 13.2 Å². The molecular formula is C25H27ClF5N5O4. The molecule has 0 radical (unpaired) electrons. The number of rotatable bonds is 11. The van der Waals surface area contributed by atoms with Gasteiger partial charge in [-0.1, -0.05) is 17.7 Å². The summed E-state index contributed by atoms with van der Waals surface area (Å²) in [4.78, 5) is 38.6. The molecule has 1 atom stereocenters. The summed E-state index contributed by atoms with van der Waals surface area (Å²) in [5.74, 6) is -6.12. The number of nitrogens with one attached hydrogen (secondary N) is 2. The van der Waals surface area contributed by atoms with E-state index in [0.29, 0.717) is 36.9 Å². The molecule has 0 saturated carbocycles. The van der Waals surface area contributed by atoms with Crippen LogP contribution in [0, 0.1) is 11.6 Å². The van der Waals surface area contributed by atoms with E-state index < -0.39 is 66.6 Å². The Morgan fingerprint density at radius 2 is 1.73 bits per heavy atom. The first-order chi connectivity index (χ1) is 18.7. The van der Waals surface area contributed by atoms with E-state index >= 15 is 0 Å². The fourth-order valence-corrected chi connectivity index (χ4v) is 4.31.